The smallest absolute Gasteiger partial charge is 0.232 e. The second-order valence-electron chi connectivity index (χ2n) is 7.68. The first-order chi connectivity index (χ1) is 15.0. The number of hydrogen-bond donors (Lipinski definition) is 2. The number of nitrogens with zero attached hydrogens (tertiary/aromatic N) is 2. The summed E-state index contributed by atoms with van der Waals surface area (Å²) in [6.07, 6.45) is 4.49. The van der Waals surface area contributed by atoms with Gasteiger partial charge in [-0.05, 0) is 61.9 Å². The SMILES string of the molecule is CC(C)Oc1c(C#N)cccc1-c1ncc(-c2cccc3c2CCCC3NS(=O)O)s1. The number of fused-ring (bicyclic) bond motifs is 1. The lowest BCUT2D eigenvalue weighted by molar-refractivity contribution is 0.243. The molecule has 31 heavy (non-hydrogen) atoms. The Morgan fingerprint density at radius 3 is 2.81 bits per heavy atom. The Bertz CT molecular complexity index is 1170. The predicted octanol–water partition coefficient (Wildman–Crippen LogP) is 5.24. The van der Waals surface area contributed by atoms with Gasteiger partial charge in [0.15, 0.2) is 0 Å². The zero-order valence-electron chi connectivity index (χ0n) is 17.3. The van der Waals surface area contributed by atoms with Gasteiger partial charge < -0.3 is 4.74 Å². The first kappa shape index (κ1) is 21.7. The van der Waals surface area contributed by atoms with Crippen LogP contribution in [0.25, 0.3) is 21.0 Å². The lowest BCUT2D eigenvalue weighted by atomic mass is 9.85. The van der Waals surface area contributed by atoms with Gasteiger partial charge in [-0.1, -0.05) is 24.3 Å². The van der Waals surface area contributed by atoms with Crippen LogP contribution in [0.4, 0.5) is 0 Å². The fourth-order valence-electron chi connectivity index (χ4n) is 4.00. The van der Waals surface area contributed by atoms with Crippen molar-refractivity contribution in [2.24, 2.45) is 0 Å². The maximum Gasteiger partial charge on any atom is 0.232 e. The van der Waals surface area contributed by atoms with Crippen LogP contribution in [-0.4, -0.2) is 19.8 Å². The molecule has 2 atom stereocenters. The fourth-order valence-corrected chi connectivity index (χ4v) is 5.48. The molecule has 3 aromatic rings. The molecule has 0 bridgehead atoms. The second-order valence-corrected chi connectivity index (χ2v) is 9.44. The number of ether oxygens (including phenoxy) is 1. The molecule has 0 saturated carbocycles. The highest BCUT2D eigenvalue weighted by atomic mass is 32.2. The highest BCUT2D eigenvalue weighted by Crippen LogP contribution is 2.42. The van der Waals surface area contributed by atoms with Crippen LogP contribution in [0, 0.1) is 11.3 Å². The Balaban J connectivity index is 1.75. The maximum absolute atomic E-state index is 11.3. The van der Waals surface area contributed by atoms with E-state index in [0.717, 1.165) is 45.8 Å². The molecule has 1 aliphatic carbocycles. The molecule has 4 rings (SSSR count). The number of hydrogen-bond acceptors (Lipinski definition) is 5. The number of aromatic nitrogens is 1. The van der Waals surface area contributed by atoms with Crippen molar-refractivity contribution in [2.75, 3.05) is 0 Å². The highest BCUT2D eigenvalue weighted by Gasteiger charge is 2.25. The Hall–Kier alpha value is -2.57. The van der Waals surface area contributed by atoms with E-state index >= 15 is 0 Å². The molecule has 2 aromatic carbocycles. The third-order valence-corrected chi connectivity index (χ3v) is 6.79. The Kier molecular flexibility index (Phi) is 6.49. The molecule has 6 nitrogen and oxygen atoms in total. The summed E-state index contributed by atoms with van der Waals surface area (Å²) in [5, 5.41) is 10.3. The molecule has 0 amide bonds. The molecular weight excluding hydrogens is 430 g/mol. The average Bonchev–Trinajstić information content (AvgIpc) is 3.23. The molecule has 1 aliphatic rings. The molecule has 0 saturated heterocycles. The molecule has 0 fully saturated rings. The van der Waals surface area contributed by atoms with Crippen LogP contribution in [0.5, 0.6) is 5.75 Å². The number of benzene rings is 2. The number of nitrogens with one attached hydrogen (secondary N) is 1. The van der Waals surface area contributed by atoms with Crippen LogP contribution < -0.4 is 9.46 Å². The third-order valence-electron chi connectivity index (χ3n) is 5.24. The Morgan fingerprint density at radius 2 is 2.06 bits per heavy atom. The van der Waals surface area contributed by atoms with Crippen LogP contribution in [0.2, 0.25) is 0 Å². The second kappa shape index (κ2) is 9.28. The van der Waals surface area contributed by atoms with Gasteiger partial charge in [0.25, 0.3) is 0 Å². The number of rotatable bonds is 6. The monoisotopic (exact) mass is 453 g/mol. The van der Waals surface area contributed by atoms with Crippen LogP contribution >= 0.6 is 11.3 Å². The summed E-state index contributed by atoms with van der Waals surface area (Å²) >= 11 is -0.496. The zero-order chi connectivity index (χ0) is 22.0. The lowest BCUT2D eigenvalue weighted by Crippen LogP contribution is -2.26. The van der Waals surface area contributed by atoms with Crippen molar-refractivity contribution >= 4 is 22.6 Å². The summed E-state index contributed by atoms with van der Waals surface area (Å²) in [5.74, 6) is 0.561. The van der Waals surface area contributed by atoms with Crippen molar-refractivity contribution in [3.63, 3.8) is 0 Å². The van der Waals surface area contributed by atoms with Gasteiger partial charge in [0.05, 0.1) is 22.1 Å². The molecule has 0 spiro atoms. The van der Waals surface area contributed by atoms with Crippen molar-refractivity contribution in [1.29, 1.82) is 5.26 Å². The molecule has 8 heteroatoms. The third kappa shape index (κ3) is 4.55. The van der Waals surface area contributed by atoms with E-state index in [1.54, 1.807) is 17.4 Å². The number of para-hydroxylation sites is 1. The van der Waals surface area contributed by atoms with Crippen LogP contribution in [0.1, 0.15) is 49.4 Å². The summed E-state index contributed by atoms with van der Waals surface area (Å²) in [6.45, 7) is 3.87. The standard InChI is InChI=1S/C23H23N3O3S2/c1-14(2)29-22-15(12-24)6-3-10-19(22)23-25-13-21(30-23)18-9-4-8-17-16(18)7-5-11-20(17)26-31(27)28/h3-4,6,8-10,13-14,20,26H,5,7,11H2,1-2H3,(H,27,28). The summed E-state index contributed by atoms with van der Waals surface area (Å²) in [5.41, 5.74) is 4.65. The van der Waals surface area contributed by atoms with E-state index in [1.165, 1.54) is 5.56 Å². The average molecular weight is 454 g/mol. The summed E-state index contributed by atoms with van der Waals surface area (Å²) in [6, 6.07) is 13.7. The van der Waals surface area contributed by atoms with Gasteiger partial charge in [-0.15, -0.1) is 11.3 Å². The minimum atomic E-state index is -2.05. The molecule has 160 valence electrons. The van der Waals surface area contributed by atoms with Gasteiger partial charge in [-0.3, -0.25) is 4.55 Å². The molecule has 1 aromatic heterocycles. The number of nitriles is 1. The van der Waals surface area contributed by atoms with Crippen molar-refractivity contribution in [2.45, 2.75) is 45.3 Å². The molecule has 2 N–H and O–H groups in total. The molecule has 1 heterocycles. The number of thiazole rings is 1. The molecule has 0 aliphatic heterocycles. The molecular formula is C23H23N3O3S2. The van der Waals surface area contributed by atoms with Gasteiger partial charge in [0.1, 0.15) is 16.8 Å². The van der Waals surface area contributed by atoms with Crippen LogP contribution in [0.3, 0.4) is 0 Å². The highest BCUT2D eigenvalue weighted by molar-refractivity contribution is 7.77. The Labute approximate surface area is 188 Å². The van der Waals surface area contributed by atoms with E-state index in [-0.39, 0.29) is 12.1 Å². The largest absolute Gasteiger partial charge is 0.489 e. The first-order valence-electron chi connectivity index (χ1n) is 10.1. The maximum atomic E-state index is 11.3. The summed E-state index contributed by atoms with van der Waals surface area (Å²) in [7, 11) is 0. The van der Waals surface area contributed by atoms with E-state index in [2.05, 4.69) is 21.8 Å². The van der Waals surface area contributed by atoms with Gasteiger partial charge in [-0.2, -0.15) is 5.26 Å². The predicted molar refractivity (Wildman–Crippen MR) is 123 cm³/mol. The quantitative estimate of drug-likeness (QED) is 0.498. The van der Waals surface area contributed by atoms with Gasteiger partial charge in [-0.25, -0.2) is 13.9 Å². The topological polar surface area (TPSA) is 95.2 Å². The minimum Gasteiger partial charge on any atom is -0.489 e. The van der Waals surface area contributed by atoms with Crippen molar-refractivity contribution in [1.82, 2.24) is 9.71 Å². The molecule has 2 unspecified atom stereocenters. The van der Waals surface area contributed by atoms with Crippen molar-refractivity contribution in [3.05, 3.63) is 59.3 Å². The van der Waals surface area contributed by atoms with E-state index in [4.69, 9.17) is 4.74 Å². The van der Waals surface area contributed by atoms with Crippen LogP contribution in [-0.2, 0) is 17.7 Å². The van der Waals surface area contributed by atoms with Crippen molar-refractivity contribution in [3.8, 4) is 32.8 Å². The van der Waals surface area contributed by atoms with E-state index in [1.807, 2.05) is 44.3 Å². The van der Waals surface area contributed by atoms with E-state index in [9.17, 15) is 14.0 Å². The Morgan fingerprint density at radius 1 is 1.29 bits per heavy atom. The van der Waals surface area contributed by atoms with Gasteiger partial charge in [0, 0.05) is 12.2 Å². The summed E-state index contributed by atoms with van der Waals surface area (Å²) in [4.78, 5) is 5.67. The first-order valence-corrected chi connectivity index (χ1v) is 12.1. The molecule has 0 radical (unpaired) electrons. The minimum absolute atomic E-state index is 0.0599. The normalized spacial score (nSPS) is 16.5. The summed E-state index contributed by atoms with van der Waals surface area (Å²) < 4.78 is 29.3. The van der Waals surface area contributed by atoms with Gasteiger partial charge in [0.2, 0.25) is 11.3 Å². The van der Waals surface area contributed by atoms with Crippen molar-refractivity contribution < 1.29 is 13.5 Å². The fraction of sp³-hybridized carbons (Fsp3) is 0.304. The lowest BCUT2D eigenvalue weighted by Gasteiger charge is -2.26. The van der Waals surface area contributed by atoms with Crippen LogP contribution in [0.15, 0.2) is 42.6 Å². The van der Waals surface area contributed by atoms with Gasteiger partial charge >= 0.3 is 0 Å². The zero-order valence-corrected chi connectivity index (χ0v) is 18.9. The van der Waals surface area contributed by atoms with E-state index in [0.29, 0.717) is 11.3 Å². The van der Waals surface area contributed by atoms with E-state index < -0.39 is 11.3 Å².